The van der Waals surface area contributed by atoms with Gasteiger partial charge in [0.05, 0.1) is 0 Å². The third kappa shape index (κ3) is 4.73. The zero-order valence-electron chi connectivity index (χ0n) is 17.5. The number of amides is 2. The monoisotopic (exact) mass is 423 g/mol. The Hall–Kier alpha value is -3.69. The number of carbonyl (C=O) groups excluding carboxylic acids is 2. The van der Waals surface area contributed by atoms with Crippen molar-refractivity contribution in [3.05, 3.63) is 47.0 Å². The molecule has 31 heavy (non-hydrogen) atoms. The van der Waals surface area contributed by atoms with Crippen molar-refractivity contribution in [1.29, 1.82) is 0 Å². The lowest BCUT2D eigenvalue weighted by atomic mass is 10.0. The van der Waals surface area contributed by atoms with Crippen LogP contribution in [0.5, 0.6) is 0 Å². The minimum Gasteiger partial charge on any atom is -0.356 e. The number of anilines is 3. The third-order valence-corrected chi connectivity index (χ3v) is 5.20. The second-order valence-corrected chi connectivity index (χ2v) is 7.90. The number of hydrogen-bond donors (Lipinski definition) is 2. The van der Waals surface area contributed by atoms with Gasteiger partial charge in [-0.3, -0.25) is 9.59 Å². The van der Waals surface area contributed by atoms with Crippen molar-refractivity contribution in [3.63, 3.8) is 0 Å². The molecule has 3 heterocycles. The Balaban J connectivity index is 1.46. The van der Waals surface area contributed by atoms with Crippen LogP contribution in [0.1, 0.15) is 26.7 Å². The highest BCUT2D eigenvalue weighted by molar-refractivity contribution is 5.92. The molecule has 162 valence electrons. The van der Waals surface area contributed by atoms with Gasteiger partial charge in [-0.05, 0) is 49.1 Å². The molecule has 0 bridgehead atoms. The van der Waals surface area contributed by atoms with Gasteiger partial charge in [0.15, 0.2) is 0 Å². The quantitative estimate of drug-likeness (QED) is 0.646. The molecule has 1 aromatic carbocycles. The maximum Gasteiger partial charge on any atom is 0.352 e. The third-order valence-electron chi connectivity index (χ3n) is 5.20. The van der Waals surface area contributed by atoms with Gasteiger partial charge in [0.1, 0.15) is 12.4 Å². The summed E-state index contributed by atoms with van der Waals surface area (Å²) < 4.78 is 2.44. The molecule has 10 heteroatoms. The number of hydrogen-bond acceptors (Lipinski definition) is 6. The first-order valence-electron chi connectivity index (χ1n) is 10.3. The first-order valence-corrected chi connectivity index (χ1v) is 10.3. The summed E-state index contributed by atoms with van der Waals surface area (Å²) in [5.41, 5.74) is 0.764. The predicted molar refractivity (Wildman–Crippen MR) is 117 cm³/mol. The van der Waals surface area contributed by atoms with Crippen molar-refractivity contribution in [1.82, 2.24) is 19.2 Å². The lowest BCUT2D eigenvalue weighted by Gasteiger charge is -2.31. The molecule has 0 saturated carbocycles. The van der Waals surface area contributed by atoms with Gasteiger partial charge >= 0.3 is 5.69 Å². The highest BCUT2D eigenvalue weighted by atomic mass is 16.2. The Morgan fingerprint density at radius 2 is 1.84 bits per heavy atom. The molecule has 0 spiro atoms. The van der Waals surface area contributed by atoms with E-state index in [9.17, 15) is 14.4 Å². The average molecular weight is 423 g/mol. The molecule has 2 amide bonds. The van der Waals surface area contributed by atoms with Crippen molar-refractivity contribution in [2.75, 3.05) is 28.6 Å². The molecule has 1 aliphatic heterocycles. The number of nitrogens with one attached hydrogen (secondary N) is 2. The fraction of sp³-hybridized carbons (Fsp3) is 0.381. The summed E-state index contributed by atoms with van der Waals surface area (Å²) in [7, 11) is 0. The summed E-state index contributed by atoms with van der Waals surface area (Å²) in [5, 5.41) is 9.62. The van der Waals surface area contributed by atoms with Crippen LogP contribution >= 0.6 is 0 Å². The van der Waals surface area contributed by atoms with Gasteiger partial charge < -0.3 is 15.5 Å². The summed E-state index contributed by atoms with van der Waals surface area (Å²) in [6.45, 7) is 5.27. The Morgan fingerprint density at radius 3 is 2.52 bits per heavy atom. The van der Waals surface area contributed by atoms with Crippen LogP contribution in [0.15, 0.2) is 41.3 Å². The van der Waals surface area contributed by atoms with Crippen molar-refractivity contribution in [3.8, 4) is 0 Å². The Labute approximate surface area is 178 Å². The van der Waals surface area contributed by atoms with Crippen LogP contribution in [0.4, 0.5) is 17.2 Å². The summed E-state index contributed by atoms with van der Waals surface area (Å²) in [6, 6.07) is 8.52. The molecule has 2 aromatic heterocycles. The normalized spacial score (nSPS) is 16.3. The van der Waals surface area contributed by atoms with Crippen LogP contribution in [-0.2, 0) is 16.1 Å². The summed E-state index contributed by atoms with van der Waals surface area (Å²) >= 11 is 0. The Bertz CT molecular complexity index is 1170. The van der Waals surface area contributed by atoms with E-state index in [2.05, 4.69) is 32.5 Å². The molecule has 0 radical (unpaired) electrons. The fourth-order valence-electron chi connectivity index (χ4n) is 3.75. The van der Waals surface area contributed by atoms with E-state index in [0.29, 0.717) is 17.3 Å². The largest absolute Gasteiger partial charge is 0.356 e. The molecule has 0 aliphatic carbocycles. The molecule has 0 unspecified atom stereocenters. The maximum absolute atomic E-state index is 12.6. The van der Waals surface area contributed by atoms with Crippen molar-refractivity contribution < 1.29 is 9.59 Å². The molecule has 2 N–H and O–H groups in total. The van der Waals surface area contributed by atoms with Crippen LogP contribution in [0, 0.1) is 5.92 Å². The van der Waals surface area contributed by atoms with E-state index in [-0.39, 0.29) is 24.1 Å². The van der Waals surface area contributed by atoms with Crippen LogP contribution in [0.25, 0.3) is 5.78 Å². The molecule has 3 aromatic rings. The maximum atomic E-state index is 12.6. The number of aromatic nitrogens is 4. The van der Waals surface area contributed by atoms with Crippen LogP contribution in [-0.4, -0.2) is 44.1 Å². The molecular formula is C21H25N7O3. The second kappa shape index (κ2) is 8.58. The van der Waals surface area contributed by atoms with Gasteiger partial charge in [0.25, 0.3) is 5.78 Å². The average Bonchev–Trinajstić information content (AvgIpc) is 3.03. The topological polar surface area (TPSA) is 114 Å². The van der Waals surface area contributed by atoms with E-state index < -0.39 is 5.69 Å². The van der Waals surface area contributed by atoms with Crippen molar-refractivity contribution in [2.45, 2.75) is 33.2 Å². The lowest BCUT2D eigenvalue weighted by molar-refractivity contribution is -0.117. The Morgan fingerprint density at radius 1 is 1.13 bits per heavy atom. The van der Waals surface area contributed by atoms with Crippen molar-refractivity contribution in [2.24, 2.45) is 5.92 Å². The van der Waals surface area contributed by atoms with Gasteiger partial charge in [-0.1, -0.05) is 6.92 Å². The zero-order valence-corrected chi connectivity index (χ0v) is 17.5. The first kappa shape index (κ1) is 20.6. The molecule has 10 nitrogen and oxygen atoms in total. The Kier molecular flexibility index (Phi) is 5.70. The van der Waals surface area contributed by atoms with Gasteiger partial charge in [-0.2, -0.15) is 4.98 Å². The van der Waals surface area contributed by atoms with Gasteiger partial charge in [-0.15, -0.1) is 5.10 Å². The van der Waals surface area contributed by atoms with E-state index >= 15 is 0 Å². The standard InChI is InChI=1S/C21H25N7O3/c1-14-4-3-10-26(12-14)18-9-11-27-20(24-18)25-28(21(27)31)13-19(30)23-17-7-5-16(6-8-17)22-15(2)29/h5-9,11,14H,3-4,10,12-13H2,1-2H3,(H,22,29)(H,23,30)/t14-/m1/s1. The minimum absolute atomic E-state index is 0.172. The molecule has 1 saturated heterocycles. The van der Waals surface area contributed by atoms with Gasteiger partial charge in [0, 0.05) is 37.6 Å². The van der Waals surface area contributed by atoms with Gasteiger partial charge in [-0.25, -0.2) is 13.9 Å². The summed E-state index contributed by atoms with van der Waals surface area (Å²) in [6.07, 6.45) is 3.97. The number of carbonyl (C=O) groups is 2. The summed E-state index contributed by atoms with van der Waals surface area (Å²) in [4.78, 5) is 42.8. The van der Waals surface area contributed by atoms with Crippen LogP contribution in [0.3, 0.4) is 0 Å². The van der Waals surface area contributed by atoms with Crippen LogP contribution < -0.4 is 21.2 Å². The van der Waals surface area contributed by atoms with Crippen molar-refractivity contribution >= 4 is 34.8 Å². The molecule has 1 aliphatic rings. The highest BCUT2D eigenvalue weighted by Crippen LogP contribution is 2.21. The summed E-state index contributed by atoms with van der Waals surface area (Å²) in [5.74, 6) is 1.10. The fourth-order valence-corrected chi connectivity index (χ4v) is 3.75. The number of nitrogens with zero attached hydrogens (tertiary/aromatic N) is 5. The molecule has 4 rings (SSSR count). The van der Waals surface area contributed by atoms with E-state index in [1.807, 2.05) is 6.07 Å². The smallest absolute Gasteiger partial charge is 0.352 e. The van der Waals surface area contributed by atoms with E-state index in [1.165, 1.54) is 17.7 Å². The zero-order chi connectivity index (χ0) is 22.0. The predicted octanol–water partition coefficient (Wildman–Crippen LogP) is 1.72. The number of rotatable bonds is 5. The minimum atomic E-state index is -0.419. The van der Waals surface area contributed by atoms with Gasteiger partial charge in [0.2, 0.25) is 11.8 Å². The van der Waals surface area contributed by atoms with E-state index in [4.69, 9.17) is 0 Å². The lowest BCUT2D eigenvalue weighted by Crippen LogP contribution is -2.34. The number of fused-ring (bicyclic) bond motifs is 1. The highest BCUT2D eigenvalue weighted by Gasteiger charge is 2.19. The molecule has 1 fully saturated rings. The number of piperidine rings is 1. The number of benzene rings is 1. The first-order chi connectivity index (χ1) is 14.9. The second-order valence-electron chi connectivity index (χ2n) is 7.90. The van der Waals surface area contributed by atoms with E-state index in [1.54, 1.807) is 30.5 Å². The SMILES string of the molecule is CC(=O)Nc1ccc(NC(=O)Cn2nc3nc(N4CCC[C@@H](C)C4)ccn3c2=O)cc1. The molecular weight excluding hydrogens is 398 g/mol. The molecule has 1 atom stereocenters. The van der Waals surface area contributed by atoms with E-state index in [0.717, 1.165) is 30.0 Å². The van der Waals surface area contributed by atoms with Crippen LogP contribution in [0.2, 0.25) is 0 Å².